The zero-order valence-electron chi connectivity index (χ0n) is 12.6. The summed E-state index contributed by atoms with van der Waals surface area (Å²) in [6.07, 6.45) is 1.26. The lowest BCUT2D eigenvalue weighted by molar-refractivity contribution is -0.116. The van der Waals surface area contributed by atoms with Gasteiger partial charge in [-0.25, -0.2) is 4.98 Å². The first-order chi connectivity index (χ1) is 11.6. The van der Waals surface area contributed by atoms with Crippen LogP contribution < -0.4 is 20.3 Å². The van der Waals surface area contributed by atoms with Gasteiger partial charge in [0.15, 0.2) is 11.5 Å². The van der Waals surface area contributed by atoms with Crippen molar-refractivity contribution in [2.45, 2.75) is 13.5 Å². The lowest BCUT2D eigenvalue weighted by atomic mass is 10.2. The smallest absolute Gasteiger partial charge is 0.267 e. The normalized spacial score (nSPS) is 12.5. The Morgan fingerprint density at radius 3 is 3.04 bits per heavy atom. The van der Waals surface area contributed by atoms with Crippen molar-refractivity contribution in [2.24, 2.45) is 0 Å². The maximum atomic E-state index is 12.4. The van der Waals surface area contributed by atoms with Crippen molar-refractivity contribution in [1.29, 1.82) is 0 Å². The number of nitrogens with one attached hydrogen (secondary N) is 1. The Bertz CT molecular complexity index is 1010. The first-order valence-corrected chi connectivity index (χ1v) is 7.13. The van der Waals surface area contributed by atoms with Gasteiger partial charge in [-0.3, -0.25) is 14.2 Å². The summed E-state index contributed by atoms with van der Waals surface area (Å²) in [5.41, 5.74) is 0.769. The lowest BCUT2D eigenvalue weighted by Crippen LogP contribution is -2.27. The van der Waals surface area contributed by atoms with Gasteiger partial charge in [-0.1, -0.05) is 5.16 Å². The third kappa shape index (κ3) is 2.35. The van der Waals surface area contributed by atoms with Crippen LogP contribution in [0.3, 0.4) is 0 Å². The summed E-state index contributed by atoms with van der Waals surface area (Å²) in [5, 5.41) is 6.68. The summed E-state index contributed by atoms with van der Waals surface area (Å²) >= 11 is 0. The molecule has 0 fully saturated rings. The fourth-order valence-electron chi connectivity index (χ4n) is 2.45. The summed E-state index contributed by atoms with van der Waals surface area (Å²) < 4.78 is 16.6. The number of carbonyl (C=O) groups excluding carboxylic acids is 1. The molecule has 0 aliphatic carbocycles. The molecule has 1 aromatic carbocycles. The van der Waals surface area contributed by atoms with E-state index in [1.54, 1.807) is 25.1 Å². The zero-order chi connectivity index (χ0) is 16.7. The second-order valence-corrected chi connectivity index (χ2v) is 5.24. The van der Waals surface area contributed by atoms with Crippen molar-refractivity contribution in [1.82, 2.24) is 14.7 Å². The van der Waals surface area contributed by atoms with Crippen molar-refractivity contribution in [3.05, 3.63) is 40.6 Å². The van der Waals surface area contributed by atoms with Crippen LogP contribution in [-0.4, -0.2) is 27.4 Å². The highest BCUT2D eigenvalue weighted by molar-refractivity contribution is 5.91. The van der Waals surface area contributed by atoms with E-state index in [1.807, 2.05) is 0 Å². The molecule has 0 atom stereocenters. The number of fused-ring (bicyclic) bond motifs is 2. The van der Waals surface area contributed by atoms with Gasteiger partial charge in [0.05, 0.1) is 5.69 Å². The van der Waals surface area contributed by atoms with Gasteiger partial charge in [0.25, 0.3) is 11.3 Å². The molecule has 1 aliphatic rings. The largest absolute Gasteiger partial charge is 0.454 e. The number of aromatic nitrogens is 3. The molecule has 0 saturated heterocycles. The summed E-state index contributed by atoms with van der Waals surface area (Å²) in [6, 6.07) is 5.06. The Balaban J connectivity index is 1.55. The average molecular weight is 328 g/mol. The molecule has 9 nitrogen and oxygen atoms in total. The van der Waals surface area contributed by atoms with Crippen LogP contribution in [-0.2, 0) is 11.3 Å². The van der Waals surface area contributed by atoms with Gasteiger partial charge in [-0.2, -0.15) is 0 Å². The Labute approximate surface area is 134 Å². The van der Waals surface area contributed by atoms with Crippen molar-refractivity contribution in [3.8, 4) is 11.5 Å². The SMILES string of the molecule is Cc1noc2ncn(CC(=O)Nc3ccc4c(c3)OCO4)c(=O)c12. The number of hydrogen-bond acceptors (Lipinski definition) is 7. The van der Waals surface area contributed by atoms with Gasteiger partial charge in [-0.05, 0) is 19.1 Å². The first-order valence-electron chi connectivity index (χ1n) is 7.13. The van der Waals surface area contributed by atoms with Crippen LogP contribution in [0.4, 0.5) is 5.69 Å². The fourth-order valence-corrected chi connectivity index (χ4v) is 2.45. The minimum absolute atomic E-state index is 0.157. The summed E-state index contributed by atoms with van der Waals surface area (Å²) in [6.45, 7) is 1.62. The van der Waals surface area contributed by atoms with Crippen LogP contribution in [0.2, 0.25) is 0 Å². The second-order valence-electron chi connectivity index (χ2n) is 5.24. The topological polar surface area (TPSA) is 108 Å². The maximum Gasteiger partial charge on any atom is 0.267 e. The number of amides is 1. The molecular formula is C15H12N4O5. The van der Waals surface area contributed by atoms with E-state index in [0.29, 0.717) is 22.9 Å². The highest BCUT2D eigenvalue weighted by atomic mass is 16.7. The van der Waals surface area contributed by atoms with E-state index in [4.69, 9.17) is 14.0 Å². The van der Waals surface area contributed by atoms with Crippen LogP contribution in [0.5, 0.6) is 11.5 Å². The van der Waals surface area contributed by atoms with Crippen molar-refractivity contribution in [3.63, 3.8) is 0 Å². The average Bonchev–Trinajstić information content (AvgIpc) is 3.16. The molecule has 2 aromatic heterocycles. The lowest BCUT2D eigenvalue weighted by Gasteiger charge is -2.07. The number of aryl methyl sites for hydroxylation is 1. The molecule has 1 amide bonds. The van der Waals surface area contributed by atoms with Crippen LogP contribution >= 0.6 is 0 Å². The van der Waals surface area contributed by atoms with Crippen molar-refractivity contribution >= 4 is 22.7 Å². The molecule has 3 heterocycles. The number of carbonyl (C=O) groups is 1. The standard InChI is InChI=1S/C15H12N4O5/c1-8-13-14(24-18-8)16-6-19(15(13)21)5-12(20)17-9-2-3-10-11(4-9)23-7-22-10/h2-4,6H,5,7H2,1H3,(H,17,20). The van der Waals surface area contributed by atoms with E-state index in [1.165, 1.54) is 10.9 Å². The Morgan fingerprint density at radius 2 is 2.17 bits per heavy atom. The van der Waals surface area contributed by atoms with E-state index in [0.717, 1.165) is 0 Å². The Hall–Kier alpha value is -3.36. The predicted octanol–water partition coefficient (Wildman–Crippen LogP) is 1.06. The van der Waals surface area contributed by atoms with Crippen LogP contribution in [0, 0.1) is 6.92 Å². The Kier molecular flexibility index (Phi) is 3.19. The van der Waals surface area contributed by atoms with E-state index >= 15 is 0 Å². The van der Waals surface area contributed by atoms with Gasteiger partial charge < -0.3 is 19.3 Å². The molecule has 1 N–H and O–H groups in total. The summed E-state index contributed by atoms with van der Waals surface area (Å²) in [7, 11) is 0. The fraction of sp³-hybridized carbons (Fsp3) is 0.200. The third-order valence-electron chi connectivity index (χ3n) is 3.60. The summed E-state index contributed by atoms with van der Waals surface area (Å²) in [5.74, 6) is 0.821. The molecule has 0 bridgehead atoms. The van der Waals surface area contributed by atoms with Gasteiger partial charge >= 0.3 is 0 Å². The molecule has 24 heavy (non-hydrogen) atoms. The number of nitrogens with zero attached hydrogens (tertiary/aromatic N) is 3. The van der Waals surface area contributed by atoms with E-state index < -0.39 is 0 Å². The van der Waals surface area contributed by atoms with Gasteiger partial charge in [-0.15, -0.1) is 0 Å². The summed E-state index contributed by atoms with van der Waals surface area (Å²) in [4.78, 5) is 28.5. The molecule has 3 aromatic rings. The van der Waals surface area contributed by atoms with E-state index in [9.17, 15) is 9.59 Å². The number of anilines is 1. The Morgan fingerprint density at radius 1 is 1.33 bits per heavy atom. The van der Waals surface area contributed by atoms with Gasteiger partial charge in [0, 0.05) is 11.8 Å². The molecule has 9 heteroatoms. The van der Waals surface area contributed by atoms with Crippen LogP contribution in [0.1, 0.15) is 5.69 Å². The molecule has 0 radical (unpaired) electrons. The molecule has 0 saturated carbocycles. The van der Waals surface area contributed by atoms with Crippen LogP contribution in [0.25, 0.3) is 11.1 Å². The third-order valence-corrected chi connectivity index (χ3v) is 3.60. The molecule has 4 rings (SSSR count). The van der Waals surface area contributed by atoms with Crippen molar-refractivity contribution < 1.29 is 18.8 Å². The molecule has 0 spiro atoms. The molecule has 0 unspecified atom stereocenters. The molecule has 1 aliphatic heterocycles. The monoisotopic (exact) mass is 328 g/mol. The second kappa shape index (κ2) is 5.37. The van der Waals surface area contributed by atoms with E-state index in [-0.39, 0.29) is 35.9 Å². The first kappa shape index (κ1) is 14.2. The minimum atomic E-state index is -0.375. The van der Waals surface area contributed by atoms with E-state index in [2.05, 4.69) is 15.5 Å². The maximum absolute atomic E-state index is 12.4. The predicted molar refractivity (Wildman–Crippen MR) is 82.0 cm³/mol. The van der Waals surface area contributed by atoms with Gasteiger partial charge in [0.1, 0.15) is 18.3 Å². The molecule has 122 valence electrons. The highest BCUT2D eigenvalue weighted by Gasteiger charge is 2.16. The van der Waals surface area contributed by atoms with Crippen LogP contribution in [0.15, 0.2) is 33.8 Å². The van der Waals surface area contributed by atoms with Crippen molar-refractivity contribution in [2.75, 3.05) is 12.1 Å². The minimum Gasteiger partial charge on any atom is -0.454 e. The number of rotatable bonds is 3. The quantitative estimate of drug-likeness (QED) is 0.765. The number of hydrogen-bond donors (Lipinski definition) is 1. The number of benzene rings is 1. The molecular weight excluding hydrogens is 316 g/mol. The zero-order valence-corrected chi connectivity index (χ0v) is 12.6. The van der Waals surface area contributed by atoms with Gasteiger partial charge in [0.2, 0.25) is 12.7 Å². The number of ether oxygens (including phenoxy) is 2. The highest BCUT2D eigenvalue weighted by Crippen LogP contribution is 2.34.